The van der Waals surface area contributed by atoms with Crippen LogP contribution < -0.4 is 26.0 Å². The van der Waals surface area contributed by atoms with Crippen molar-refractivity contribution in [2.45, 2.75) is 48.8 Å². The van der Waals surface area contributed by atoms with Crippen LogP contribution in [0.5, 0.6) is 0 Å². The van der Waals surface area contributed by atoms with Gasteiger partial charge in [-0.3, -0.25) is 24.3 Å². The molecule has 2 amide bonds. The minimum absolute atomic E-state index is 0. The van der Waals surface area contributed by atoms with Gasteiger partial charge in [0.2, 0.25) is 25.0 Å². The van der Waals surface area contributed by atoms with E-state index >= 15 is 0 Å². The normalized spacial score (nSPS) is 15.0. The quantitative estimate of drug-likeness (QED) is 0.0118. The second-order valence-corrected chi connectivity index (χ2v) is 13.5. The van der Waals surface area contributed by atoms with Gasteiger partial charge >= 0.3 is 51.9 Å². The topological polar surface area (TPSA) is 518 Å². The number of ether oxygens (including phenoxy) is 2. The molecule has 0 fully saturated rings. The van der Waals surface area contributed by atoms with Gasteiger partial charge in [-0.25, -0.2) is 9.59 Å². The minimum Gasteiger partial charge on any atom is -0.549 e. The van der Waals surface area contributed by atoms with E-state index in [-0.39, 0.29) is 84.7 Å². The number of carbonyl (C=O) groups excluding carboxylic acids is 7. The minimum atomic E-state index is -1.96. The molecule has 0 aromatic rings. The van der Waals surface area contributed by atoms with Crippen molar-refractivity contribution >= 4 is 54.1 Å². The van der Waals surface area contributed by atoms with Gasteiger partial charge < -0.3 is 116 Å². The number of carboxylic acid groups (broad SMARTS) is 3. The van der Waals surface area contributed by atoms with E-state index in [1.54, 1.807) is 0 Å². The maximum absolute atomic E-state index is 12.5. The number of hydrogen-bond donors (Lipinski definition) is 12. The SMILES string of the molecule is O.O=C([O-])CN(CCN(CC(=O)[O-])CC(=O)NCCOC(=O)CO/N=C/[C@@H](O)[C@H](O)[C@@H](O)[C@H](O)CO)CCN(CC(=O)[O-])CC(=O)NCCOC(=O)CO/N=C/[C@@H](O)[C@H](O)[C@@H](O)[C@H](O)CO.[Gd+3]. The molecule has 67 heavy (non-hydrogen) atoms. The Hall–Kier alpha value is -4.01. The van der Waals surface area contributed by atoms with Gasteiger partial charge in [0.15, 0.2) is 0 Å². The molecule has 33 heteroatoms. The Morgan fingerprint density at radius 2 is 0.836 bits per heavy atom. The van der Waals surface area contributed by atoms with Gasteiger partial charge in [0.25, 0.3) is 0 Å². The number of amides is 2. The number of aliphatic hydroxyl groups excluding tert-OH is 10. The zero-order chi connectivity index (χ0) is 49.5. The van der Waals surface area contributed by atoms with Crippen molar-refractivity contribution in [3.8, 4) is 0 Å². The molecule has 0 rings (SSSR count). The predicted octanol–water partition coefficient (Wildman–Crippen LogP) is -15.5. The summed E-state index contributed by atoms with van der Waals surface area (Å²) in [5.74, 6) is -8.30. The van der Waals surface area contributed by atoms with Crippen molar-refractivity contribution < 1.29 is 165 Å². The molecule has 0 saturated carbocycles. The molecule has 0 aliphatic heterocycles. The summed E-state index contributed by atoms with van der Waals surface area (Å²) in [4.78, 5) is 95.3. The van der Waals surface area contributed by atoms with Crippen LogP contribution in [-0.4, -0.2) is 286 Å². The second kappa shape index (κ2) is 38.9. The van der Waals surface area contributed by atoms with Crippen molar-refractivity contribution in [3.05, 3.63) is 0 Å². The molecule has 8 atom stereocenters. The van der Waals surface area contributed by atoms with Crippen LogP contribution in [0.3, 0.4) is 0 Å². The van der Waals surface area contributed by atoms with Gasteiger partial charge in [-0.1, -0.05) is 10.3 Å². The smallest absolute Gasteiger partial charge is 0.549 e. The summed E-state index contributed by atoms with van der Waals surface area (Å²) >= 11 is 0. The maximum Gasteiger partial charge on any atom is 3.00 e. The molecule has 14 N–H and O–H groups in total. The summed E-state index contributed by atoms with van der Waals surface area (Å²) < 4.78 is 9.62. The van der Waals surface area contributed by atoms with Crippen LogP contribution >= 0.6 is 0 Å². The molecular weight excluding hydrogens is 1060 g/mol. The van der Waals surface area contributed by atoms with Gasteiger partial charge in [0.1, 0.15) is 62.0 Å². The first-order chi connectivity index (χ1) is 30.6. The molecule has 387 valence electrons. The number of carboxylic acids is 3. The molecule has 0 aliphatic carbocycles. The zero-order valence-corrected chi connectivity index (χ0v) is 37.8. The molecule has 0 aliphatic rings. The van der Waals surface area contributed by atoms with Crippen molar-refractivity contribution in [3.63, 3.8) is 0 Å². The number of carbonyl (C=O) groups is 7. The van der Waals surface area contributed by atoms with Crippen LogP contribution in [0.25, 0.3) is 0 Å². The van der Waals surface area contributed by atoms with Gasteiger partial charge in [-0.05, 0) is 0 Å². The Bertz CT molecular complexity index is 1420. The van der Waals surface area contributed by atoms with E-state index in [1.165, 1.54) is 4.90 Å². The Balaban J connectivity index is -0.0000205. The summed E-state index contributed by atoms with van der Waals surface area (Å²) in [6, 6.07) is 0. The van der Waals surface area contributed by atoms with Crippen LogP contribution in [-0.2, 0) is 52.7 Å². The van der Waals surface area contributed by atoms with Crippen LogP contribution in [0.15, 0.2) is 10.3 Å². The van der Waals surface area contributed by atoms with Crippen LogP contribution in [0, 0.1) is 39.9 Å². The van der Waals surface area contributed by atoms with E-state index in [4.69, 9.17) is 19.7 Å². The summed E-state index contributed by atoms with van der Waals surface area (Å²) in [6.07, 6.45) is -13.8. The number of aliphatic carboxylic acids is 3. The number of esters is 2. The van der Waals surface area contributed by atoms with Gasteiger partial charge in [0, 0.05) is 45.8 Å². The van der Waals surface area contributed by atoms with E-state index in [2.05, 4.69) is 30.6 Å². The van der Waals surface area contributed by atoms with Crippen molar-refractivity contribution in [1.82, 2.24) is 25.3 Å². The molecule has 0 bridgehead atoms. The van der Waals surface area contributed by atoms with Crippen LogP contribution in [0.2, 0.25) is 0 Å². The Morgan fingerprint density at radius 1 is 0.522 bits per heavy atom. The van der Waals surface area contributed by atoms with Crippen molar-refractivity contribution in [2.24, 2.45) is 10.3 Å². The molecule has 0 unspecified atom stereocenters. The summed E-state index contributed by atoms with van der Waals surface area (Å²) in [7, 11) is 0. The van der Waals surface area contributed by atoms with E-state index in [0.717, 1.165) is 9.80 Å². The number of hydrogen-bond acceptors (Lipinski definition) is 29. The third-order valence-electron chi connectivity index (χ3n) is 8.14. The van der Waals surface area contributed by atoms with E-state index in [0.29, 0.717) is 12.4 Å². The Labute approximate surface area is 412 Å². The fourth-order valence-electron chi connectivity index (χ4n) is 4.77. The zero-order valence-electron chi connectivity index (χ0n) is 35.6. The number of rotatable bonds is 38. The summed E-state index contributed by atoms with van der Waals surface area (Å²) in [6.45, 7) is -9.16. The molecule has 32 nitrogen and oxygen atoms in total. The fraction of sp³-hybridized carbons (Fsp3) is 0.735. The standard InChI is InChI=1S/C34H59N7O24.Gd.H2O/c42-16-22(46)33(60)31(58)20(44)9-37-64-18-29(56)62-7-1-35-24(48)11-40(14-27(52)53)5-3-39(13-26(50)51)4-6-41(15-28(54)55)12-25(49)36-2-8-63-30(57)19-65-38-10-21(45)32(59)34(61)23(47)17-43;;/h9-10,20-23,31-34,42-47,58-61H,1-8,11-19H2,(H,35,48)(H,36,49)(H,50,51)(H,52,53)(H,54,55);;1H2/q;+3;/p-3/b37-9+,38-10+;;/t20-,21-,22-,23-,31+,32+,33+,34+;;/m1../s1. The second-order valence-electron chi connectivity index (χ2n) is 13.5. The van der Waals surface area contributed by atoms with Crippen molar-refractivity contribution in [2.75, 3.05) is 112 Å². The number of nitrogens with zero attached hydrogens (tertiary/aromatic N) is 5. The average molecular weight is 1120 g/mol. The van der Waals surface area contributed by atoms with E-state index in [1.807, 2.05) is 0 Å². The van der Waals surface area contributed by atoms with Gasteiger partial charge in [0.05, 0.1) is 69.7 Å². The molecule has 0 spiro atoms. The maximum atomic E-state index is 12.5. The van der Waals surface area contributed by atoms with Crippen LogP contribution in [0.4, 0.5) is 0 Å². The molecule has 0 saturated heterocycles. The first kappa shape index (κ1) is 67.3. The third-order valence-corrected chi connectivity index (χ3v) is 8.14. The van der Waals surface area contributed by atoms with E-state index in [9.17, 15) is 89.7 Å². The number of aliphatic hydroxyl groups is 10. The molecule has 0 aromatic heterocycles. The van der Waals surface area contributed by atoms with Crippen molar-refractivity contribution in [1.29, 1.82) is 0 Å². The van der Waals surface area contributed by atoms with E-state index < -0.39 is 163 Å². The molecule has 0 heterocycles. The Kier molecular flexibility index (Phi) is 39.1. The first-order valence-electron chi connectivity index (χ1n) is 19.2. The Morgan fingerprint density at radius 3 is 1.15 bits per heavy atom. The fourth-order valence-corrected chi connectivity index (χ4v) is 4.77. The molecule has 1 radical (unpaired) electrons. The molecule has 0 aromatic carbocycles. The number of nitrogens with one attached hydrogen (secondary N) is 2. The monoisotopic (exact) mass is 1120 g/mol. The van der Waals surface area contributed by atoms with Crippen LogP contribution in [0.1, 0.15) is 0 Å². The largest absolute Gasteiger partial charge is 3.00 e. The predicted molar refractivity (Wildman–Crippen MR) is 207 cm³/mol. The molecular formula is C34H58GdN7O25. The van der Waals surface area contributed by atoms with Gasteiger partial charge in [-0.2, -0.15) is 0 Å². The van der Waals surface area contributed by atoms with Gasteiger partial charge in [-0.15, -0.1) is 0 Å². The third kappa shape index (κ3) is 33.2. The summed E-state index contributed by atoms with van der Waals surface area (Å²) in [5.41, 5.74) is 0. The average Bonchev–Trinajstić information content (AvgIpc) is 3.25. The first-order valence-corrected chi connectivity index (χ1v) is 19.2. The number of oxime groups is 2. The summed E-state index contributed by atoms with van der Waals surface area (Å²) in [5, 5.41) is 139.